The van der Waals surface area contributed by atoms with Crippen molar-refractivity contribution in [1.82, 2.24) is 4.90 Å². The first-order valence-electron chi connectivity index (χ1n) is 4.87. The summed E-state index contributed by atoms with van der Waals surface area (Å²) in [7, 11) is 0. The molecule has 2 rings (SSSR count). The molecule has 1 aliphatic heterocycles. The summed E-state index contributed by atoms with van der Waals surface area (Å²) >= 11 is 4.72. The van der Waals surface area contributed by atoms with Crippen molar-refractivity contribution in [3.05, 3.63) is 35.4 Å². The van der Waals surface area contributed by atoms with Crippen LogP contribution in [-0.4, -0.2) is 34.4 Å². The Hall–Kier alpha value is -1.82. The number of amides is 2. The molecule has 0 bridgehead atoms. The Bertz CT molecular complexity index is 524. The second-order valence-electron chi connectivity index (χ2n) is 3.72. The molecule has 1 aliphatic rings. The minimum atomic E-state index is -3.95. The Morgan fingerprint density at radius 3 is 2.00 bits per heavy atom. The summed E-state index contributed by atoms with van der Waals surface area (Å²) in [6, 6.07) is 5.74. The smallest absolute Gasteiger partial charge is 0.274 e. The van der Waals surface area contributed by atoms with Crippen molar-refractivity contribution >= 4 is 28.7 Å². The number of fused-ring (bicyclic) bond motifs is 1. The van der Waals surface area contributed by atoms with Crippen LogP contribution < -0.4 is 0 Å². The zero-order valence-electron chi connectivity index (χ0n) is 8.82. The molecular weight excluding hydrogens is 268 g/mol. The summed E-state index contributed by atoms with van der Waals surface area (Å²) in [5.74, 6) is -5.66. The molecule has 0 N–H and O–H groups in total. The lowest BCUT2D eigenvalue weighted by Gasteiger charge is -2.18. The standard InChI is InChI=1S/C11H6ClF2NO3/c12-10(18)11(13,14)5-15-8(16)6-3-1-2-4-7(6)9(15)17/h1-4H,5H2. The molecule has 1 heterocycles. The SMILES string of the molecule is O=C1c2ccccc2C(=O)N1CC(F)(F)C(=O)Cl. The molecule has 4 nitrogen and oxygen atoms in total. The summed E-state index contributed by atoms with van der Waals surface area (Å²) in [6.45, 7) is -1.35. The molecule has 0 aliphatic carbocycles. The van der Waals surface area contributed by atoms with Crippen molar-refractivity contribution < 1.29 is 23.2 Å². The number of imide groups is 1. The minimum absolute atomic E-state index is 0.0420. The third-order valence-electron chi connectivity index (χ3n) is 2.52. The number of rotatable bonds is 3. The van der Waals surface area contributed by atoms with E-state index in [1.54, 1.807) is 0 Å². The zero-order chi connectivity index (χ0) is 13.5. The van der Waals surface area contributed by atoms with Crippen LogP contribution in [0.4, 0.5) is 8.78 Å². The van der Waals surface area contributed by atoms with E-state index in [9.17, 15) is 23.2 Å². The van der Waals surface area contributed by atoms with Crippen LogP contribution in [-0.2, 0) is 4.79 Å². The van der Waals surface area contributed by atoms with Gasteiger partial charge in [0, 0.05) is 0 Å². The van der Waals surface area contributed by atoms with E-state index in [2.05, 4.69) is 0 Å². The topological polar surface area (TPSA) is 54.5 Å². The Kier molecular flexibility index (Phi) is 2.90. The second kappa shape index (κ2) is 4.13. The lowest BCUT2D eigenvalue weighted by atomic mass is 10.1. The van der Waals surface area contributed by atoms with Gasteiger partial charge >= 0.3 is 5.92 Å². The molecule has 7 heteroatoms. The van der Waals surface area contributed by atoms with Gasteiger partial charge in [0.15, 0.2) is 0 Å². The van der Waals surface area contributed by atoms with Crippen LogP contribution in [0, 0.1) is 0 Å². The molecule has 0 radical (unpaired) electrons. The number of hydrogen-bond donors (Lipinski definition) is 0. The number of halogens is 3. The predicted molar refractivity (Wildman–Crippen MR) is 57.6 cm³/mol. The highest BCUT2D eigenvalue weighted by atomic mass is 35.5. The highest BCUT2D eigenvalue weighted by Crippen LogP contribution is 2.27. The number of benzene rings is 1. The van der Waals surface area contributed by atoms with E-state index in [1.165, 1.54) is 24.3 Å². The zero-order valence-corrected chi connectivity index (χ0v) is 9.58. The molecule has 94 valence electrons. The first kappa shape index (κ1) is 12.6. The van der Waals surface area contributed by atoms with Crippen molar-refractivity contribution in [2.75, 3.05) is 6.54 Å². The molecule has 0 spiro atoms. The fourth-order valence-corrected chi connectivity index (χ4v) is 1.70. The average molecular weight is 274 g/mol. The van der Waals surface area contributed by atoms with Crippen LogP contribution in [0.5, 0.6) is 0 Å². The van der Waals surface area contributed by atoms with E-state index < -0.39 is 29.5 Å². The van der Waals surface area contributed by atoms with Crippen LogP contribution in [0.15, 0.2) is 24.3 Å². The van der Waals surface area contributed by atoms with Crippen LogP contribution in [0.1, 0.15) is 20.7 Å². The van der Waals surface area contributed by atoms with Crippen LogP contribution in [0.25, 0.3) is 0 Å². The predicted octanol–water partition coefficient (Wildman–Crippen LogP) is 1.68. The maximum absolute atomic E-state index is 13.1. The van der Waals surface area contributed by atoms with Gasteiger partial charge in [-0.2, -0.15) is 8.78 Å². The maximum atomic E-state index is 13.1. The Morgan fingerprint density at radius 2 is 1.61 bits per heavy atom. The van der Waals surface area contributed by atoms with Gasteiger partial charge in [0.25, 0.3) is 17.1 Å². The quantitative estimate of drug-likeness (QED) is 0.622. The summed E-state index contributed by atoms with van der Waals surface area (Å²) in [4.78, 5) is 34.3. The molecule has 0 saturated carbocycles. The fraction of sp³-hybridized carbons (Fsp3) is 0.182. The highest BCUT2D eigenvalue weighted by molar-refractivity contribution is 6.65. The van der Waals surface area contributed by atoms with Gasteiger partial charge in [0.05, 0.1) is 11.1 Å². The van der Waals surface area contributed by atoms with E-state index in [-0.39, 0.29) is 11.1 Å². The van der Waals surface area contributed by atoms with Gasteiger partial charge in [0.1, 0.15) is 6.54 Å². The number of nitrogens with zero attached hydrogens (tertiary/aromatic N) is 1. The molecule has 0 saturated heterocycles. The Morgan fingerprint density at radius 1 is 1.17 bits per heavy atom. The van der Waals surface area contributed by atoms with Crippen LogP contribution in [0.2, 0.25) is 0 Å². The first-order chi connectivity index (χ1) is 8.34. The fourth-order valence-electron chi connectivity index (χ4n) is 1.64. The Balaban J connectivity index is 2.32. The molecular formula is C11H6ClF2NO3. The van der Waals surface area contributed by atoms with E-state index in [0.29, 0.717) is 4.90 Å². The number of carbonyl (C=O) groups excluding carboxylic acids is 3. The molecule has 1 aromatic carbocycles. The first-order valence-corrected chi connectivity index (χ1v) is 5.25. The van der Waals surface area contributed by atoms with Crippen molar-refractivity contribution in [3.63, 3.8) is 0 Å². The summed E-state index contributed by atoms with van der Waals surface area (Å²) in [5, 5.41) is -1.90. The number of hydrogen-bond acceptors (Lipinski definition) is 3. The Labute approximate surface area is 105 Å². The van der Waals surface area contributed by atoms with Gasteiger partial charge in [-0.1, -0.05) is 12.1 Å². The van der Waals surface area contributed by atoms with Gasteiger partial charge in [-0.3, -0.25) is 19.3 Å². The van der Waals surface area contributed by atoms with Crippen LogP contribution >= 0.6 is 11.6 Å². The number of alkyl halides is 2. The maximum Gasteiger partial charge on any atom is 0.337 e. The van der Waals surface area contributed by atoms with Crippen molar-refractivity contribution in [2.45, 2.75) is 5.92 Å². The molecule has 0 unspecified atom stereocenters. The normalized spacial score (nSPS) is 14.9. The van der Waals surface area contributed by atoms with Gasteiger partial charge in [-0.25, -0.2) is 0 Å². The van der Waals surface area contributed by atoms with Gasteiger partial charge in [-0.15, -0.1) is 0 Å². The third kappa shape index (κ3) is 1.88. The van der Waals surface area contributed by atoms with Crippen LogP contribution in [0.3, 0.4) is 0 Å². The molecule has 1 aromatic rings. The lowest BCUT2D eigenvalue weighted by molar-refractivity contribution is -0.134. The highest BCUT2D eigenvalue weighted by Gasteiger charge is 2.46. The number of carbonyl (C=O) groups is 3. The van der Waals surface area contributed by atoms with Crippen molar-refractivity contribution in [2.24, 2.45) is 0 Å². The molecule has 2 amide bonds. The molecule has 0 aromatic heterocycles. The lowest BCUT2D eigenvalue weighted by Crippen LogP contribution is -2.43. The summed E-state index contributed by atoms with van der Waals surface area (Å²) < 4.78 is 26.3. The third-order valence-corrected chi connectivity index (χ3v) is 2.80. The monoisotopic (exact) mass is 273 g/mol. The molecule has 0 atom stereocenters. The summed E-state index contributed by atoms with van der Waals surface area (Å²) in [6.07, 6.45) is 0. The second-order valence-corrected chi connectivity index (χ2v) is 4.06. The van der Waals surface area contributed by atoms with Gasteiger partial charge in [-0.05, 0) is 23.7 Å². The molecule has 18 heavy (non-hydrogen) atoms. The van der Waals surface area contributed by atoms with E-state index in [0.717, 1.165) is 0 Å². The largest absolute Gasteiger partial charge is 0.337 e. The van der Waals surface area contributed by atoms with E-state index in [1.807, 2.05) is 0 Å². The van der Waals surface area contributed by atoms with Gasteiger partial charge < -0.3 is 0 Å². The summed E-state index contributed by atoms with van der Waals surface area (Å²) in [5.41, 5.74) is 0.0839. The minimum Gasteiger partial charge on any atom is -0.274 e. The van der Waals surface area contributed by atoms with Crippen molar-refractivity contribution in [1.29, 1.82) is 0 Å². The van der Waals surface area contributed by atoms with E-state index in [4.69, 9.17) is 11.6 Å². The van der Waals surface area contributed by atoms with E-state index >= 15 is 0 Å². The average Bonchev–Trinajstić information content (AvgIpc) is 2.55. The van der Waals surface area contributed by atoms with Crippen molar-refractivity contribution in [3.8, 4) is 0 Å². The van der Waals surface area contributed by atoms with Gasteiger partial charge in [0.2, 0.25) is 0 Å². The molecule has 0 fully saturated rings.